The molecule has 0 fully saturated rings. The maximum atomic E-state index is 6.44. The molecule has 27 heavy (non-hydrogen) atoms. The summed E-state index contributed by atoms with van der Waals surface area (Å²) in [5.41, 5.74) is 8.21. The van der Waals surface area contributed by atoms with Gasteiger partial charge in [0.1, 0.15) is 0 Å². The number of hydrogen-bond acceptors (Lipinski definition) is 6. The lowest BCUT2D eigenvalue weighted by Gasteiger charge is -2.25. The average molecular weight is 404 g/mol. The zero-order chi connectivity index (χ0) is 18.5. The highest BCUT2D eigenvalue weighted by molar-refractivity contribution is 6.36. The smallest absolute Gasteiger partial charge is 0.212 e. The van der Waals surface area contributed by atoms with Crippen LogP contribution in [0.4, 0.5) is 5.95 Å². The number of halogens is 2. The molecule has 3 N–H and O–H groups in total. The molecule has 0 spiro atoms. The van der Waals surface area contributed by atoms with Gasteiger partial charge in [-0.2, -0.15) is 0 Å². The molecule has 7 nitrogen and oxygen atoms in total. The number of rotatable bonds is 1. The van der Waals surface area contributed by atoms with Crippen molar-refractivity contribution in [3.63, 3.8) is 0 Å². The summed E-state index contributed by atoms with van der Waals surface area (Å²) in [7, 11) is 0. The van der Waals surface area contributed by atoms with Gasteiger partial charge in [-0.05, 0) is 12.1 Å². The van der Waals surface area contributed by atoms with Gasteiger partial charge < -0.3 is 15.2 Å². The van der Waals surface area contributed by atoms with Crippen LogP contribution >= 0.6 is 23.2 Å². The molecule has 0 radical (unpaired) electrons. The Morgan fingerprint density at radius 3 is 2.56 bits per heavy atom. The van der Waals surface area contributed by atoms with Gasteiger partial charge in [-0.3, -0.25) is 9.88 Å². The monoisotopic (exact) mass is 403 g/mol. The second kappa shape index (κ2) is 6.21. The lowest BCUT2D eigenvalue weighted by atomic mass is 10.1. The van der Waals surface area contributed by atoms with E-state index in [9.17, 15) is 0 Å². The number of hydrogen-bond donors (Lipinski definition) is 2. The number of fused-ring (bicyclic) bond motifs is 4. The van der Waals surface area contributed by atoms with Crippen LogP contribution in [0.15, 0.2) is 35.3 Å². The number of guanidine groups is 1. The van der Waals surface area contributed by atoms with E-state index in [2.05, 4.69) is 15.3 Å². The third-order valence-electron chi connectivity index (χ3n) is 4.56. The molecular weight excluding hydrogens is 389 g/mol. The molecule has 0 aliphatic carbocycles. The first-order valence-electron chi connectivity index (χ1n) is 8.47. The third-order valence-corrected chi connectivity index (χ3v) is 5.22. The lowest BCUT2D eigenvalue weighted by Crippen LogP contribution is -2.31. The molecule has 9 heteroatoms. The number of aromatic nitrogens is 2. The van der Waals surface area contributed by atoms with Gasteiger partial charge in [-0.1, -0.05) is 29.3 Å². The van der Waals surface area contributed by atoms with Gasteiger partial charge in [0.25, 0.3) is 0 Å². The van der Waals surface area contributed by atoms with Gasteiger partial charge in [0.05, 0.1) is 24.2 Å². The van der Waals surface area contributed by atoms with E-state index in [4.69, 9.17) is 38.4 Å². The van der Waals surface area contributed by atoms with E-state index >= 15 is 0 Å². The highest BCUT2D eigenvalue weighted by Gasteiger charge is 2.29. The third kappa shape index (κ3) is 2.65. The number of nitrogens with zero attached hydrogens (tertiary/aromatic N) is 3. The normalized spacial score (nSPS) is 18.4. The first-order chi connectivity index (χ1) is 13.1. The predicted octanol–water partition coefficient (Wildman–Crippen LogP) is 3.79. The maximum absolute atomic E-state index is 6.44. The van der Waals surface area contributed by atoms with Crippen molar-refractivity contribution in [2.75, 3.05) is 18.5 Å². The largest absolute Gasteiger partial charge is 0.489 e. The summed E-state index contributed by atoms with van der Waals surface area (Å²) in [6.07, 6.45) is 0.287. The number of ether oxygens (including phenoxy) is 2. The van der Waals surface area contributed by atoms with Crippen molar-refractivity contribution in [3.05, 3.63) is 45.9 Å². The Hall–Kier alpha value is -2.64. The Labute approximate surface area is 164 Å². The fourth-order valence-corrected chi connectivity index (χ4v) is 3.97. The zero-order valence-electron chi connectivity index (χ0n) is 14.1. The predicted molar refractivity (Wildman–Crippen MR) is 105 cm³/mol. The van der Waals surface area contributed by atoms with Crippen LogP contribution in [-0.4, -0.2) is 28.7 Å². The highest BCUT2D eigenvalue weighted by atomic mass is 35.5. The van der Waals surface area contributed by atoms with E-state index in [0.29, 0.717) is 46.3 Å². The van der Waals surface area contributed by atoms with Gasteiger partial charge in [0, 0.05) is 34.2 Å². The topological polar surface area (TPSA) is 86.7 Å². The van der Waals surface area contributed by atoms with E-state index < -0.39 is 6.17 Å². The van der Waals surface area contributed by atoms with Crippen molar-refractivity contribution in [2.45, 2.75) is 12.6 Å². The van der Waals surface area contributed by atoms with Gasteiger partial charge in [0.15, 0.2) is 23.6 Å². The minimum absolute atomic E-state index is 0.243. The fraction of sp³-hybridized carbons (Fsp3) is 0.222. The van der Waals surface area contributed by atoms with Gasteiger partial charge >= 0.3 is 0 Å². The summed E-state index contributed by atoms with van der Waals surface area (Å²) >= 11 is 12.9. The second-order valence-electron chi connectivity index (χ2n) is 6.29. The number of imidazole rings is 1. The Balaban J connectivity index is 1.75. The molecule has 3 aromatic rings. The molecule has 0 bridgehead atoms. The highest BCUT2D eigenvalue weighted by Crippen LogP contribution is 2.41. The number of anilines is 1. The molecule has 5 rings (SSSR count). The van der Waals surface area contributed by atoms with Crippen LogP contribution in [0.25, 0.3) is 11.0 Å². The van der Waals surface area contributed by atoms with Gasteiger partial charge in [-0.25, -0.2) is 9.98 Å². The number of nitrogens with two attached hydrogens (primary N) is 1. The lowest BCUT2D eigenvalue weighted by molar-refractivity contribution is 0.297. The van der Waals surface area contributed by atoms with Crippen LogP contribution in [0.3, 0.4) is 0 Å². The van der Waals surface area contributed by atoms with E-state index in [0.717, 1.165) is 17.5 Å². The maximum Gasteiger partial charge on any atom is 0.212 e. The Morgan fingerprint density at radius 2 is 1.81 bits per heavy atom. The van der Waals surface area contributed by atoms with Crippen molar-refractivity contribution >= 4 is 46.1 Å². The van der Waals surface area contributed by atoms with Crippen molar-refractivity contribution in [2.24, 2.45) is 10.7 Å². The SMILES string of the molecule is NC1=NC(c2c(Cl)cccc2Cl)n2c(nc3cc4c(cc32)OCCCO4)N1. The van der Waals surface area contributed by atoms with Gasteiger partial charge in [-0.15, -0.1) is 0 Å². The standard InChI is InChI=1S/C18H15Cl2N5O2/c19-9-3-1-4-10(20)15(9)16-23-17(21)24-18-22-11-7-13-14(8-12(11)25(16)18)27-6-2-5-26-13/h1,3-4,7-8,16H,2,5-6H2,(H3,21,22,23,24). The van der Waals surface area contributed by atoms with Crippen LogP contribution in [0.1, 0.15) is 18.2 Å². The van der Waals surface area contributed by atoms with Crippen LogP contribution < -0.4 is 20.5 Å². The molecule has 1 aromatic heterocycles. The van der Waals surface area contributed by atoms with E-state index in [1.165, 1.54) is 0 Å². The van der Waals surface area contributed by atoms with Crippen molar-refractivity contribution < 1.29 is 9.47 Å². The Kier molecular flexibility index (Phi) is 3.80. The number of nitrogens with one attached hydrogen (secondary N) is 1. The minimum atomic E-state index is -0.544. The van der Waals surface area contributed by atoms with Crippen molar-refractivity contribution in [3.8, 4) is 11.5 Å². The molecule has 2 aliphatic rings. The van der Waals surface area contributed by atoms with Crippen LogP contribution in [0.2, 0.25) is 10.0 Å². The summed E-state index contributed by atoms with van der Waals surface area (Å²) in [4.78, 5) is 9.18. The van der Waals surface area contributed by atoms with Crippen molar-refractivity contribution in [1.29, 1.82) is 0 Å². The fourth-order valence-electron chi connectivity index (χ4n) is 3.37. The molecule has 0 saturated carbocycles. The molecule has 2 aromatic carbocycles. The van der Waals surface area contributed by atoms with Crippen LogP contribution in [0.5, 0.6) is 11.5 Å². The molecule has 1 unspecified atom stereocenters. The molecule has 3 heterocycles. The second-order valence-corrected chi connectivity index (χ2v) is 7.11. The molecular formula is C18H15Cl2N5O2. The zero-order valence-corrected chi connectivity index (χ0v) is 15.6. The summed E-state index contributed by atoms with van der Waals surface area (Å²) in [5, 5.41) is 4.02. The van der Waals surface area contributed by atoms with E-state index in [-0.39, 0.29) is 5.96 Å². The molecule has 138 valence electrons. The number of benzene rings is 2. The van der Waals surface area contributed by atoms with E-state index in [1.807, 2.05) is 16.7 Å². The average Bonchev–Trinajstić information content (AvgIpc) is 2.81. The minimum Gasteiger partial charge on any atom is -0.489 e. The van der Waals surface area contributed by atoms with E-state index in [1.54, 1.807) is 18.2 Å². The molecule has 1 atom stereocenters. The molecule has 0 amide bonds. The summed E-state index contributed by atoms with van der Waals surface area (Å²) in [6, 6.07) is 9.12. The summed E-state index contributed by atoms with van der Waals surface area (Å²) in [5.74, 6) is 2.15. The summed E-state index contributed by atoms with van der Waals surface area (Å²) < 4.78 is 13.5. The van der Waals surface area contributed by atoms with Gasteiger partial charge in [0.2, 0.25) is 5.95 Å². The van der Waals surface area contributed by atoms with Crippen molar-refractivity contribution in [1.82, 2.24) is 9.55 Å². The van der Waals surface area contributed by atoms with Crippen LogP contribution in [0, 0.1) is 0 Å². The first-order valence-corrected chi connectivity index (χ1v) is 9.23. The molecule has 0 saturated heterocycles. The first kappa shape index (κ1) is 16.5. The quantitative estimate of drug-likeness (QED) is 0.645. The Morgan fingerprint density at radius 1 is 1.11 bits per heavy atom. The number of aliphatic imine (C=N–C) groups is 1. The Bertz CT molecular complexity index is 1070. The van der Waals surface area contributed by atoms with Crippen LogP contribution in [-0.2, 0) is 0 Å². The molecule has 2 aliphatic heterocycles. The summed E-state index contributed by atoms with van der Waals surface area (Å²) in [6.45, 7) is 1.21.